The minimum absolute atomic E-state index is 0.0359. The number of cyclic esters (lactones) is 2. The number of fused-ring (bicyclic) bond motifs is 4. The molecule has 142 heavy (non-hydrogen) atoms. The quantitative estimate of drug-likeness (QED) is 0.0315. The molecule has 2 aromatic heterocycles. The molecule has 12 amide bonds. The van der Waals surface area contributed by atoms with E-state index in [1.54, 1.807) is 74.5 Å². The number of hydrogen-bond donors (Lipinski definition) is 8. The van der Waals surface area contributed by atoms with Gasteiger partial charge in [0.25, 0.3) is 11.8 Å². The van der Waals surface area contributed by atoms with E-state index in [-0.39, 0.29) is 98.9 Å². The lowest BCUT2D eigenvalue weighted by Crippen LogP contribution is -2.65. The Kier molecular flexibility index (Phi) is 35.3. The maximum absolute atomic E-state index is 16.2. The summed E-state index contributed by atoms with van der Waals surface area (Å²) in [5, 5.41) is 37.7. The predicted molar refractivity (Wildman–Crippen MR) is 530 cm³/mol. The van der Waals surface area contributed by atoms with Crippen molar-refractivity contribution in [2.45, 2.75) is 189 Å². The number of carbonyl (C=O) groups is 16. The molecule has 0 spiro atoms. The van der Waals surface area contributed by atoms with Crippen LogP contribution in [0.15, 0.2) is 146 Å². The zero-order chi connectivity index (χ0) is 102. The number of piperazine rings is 1. The molecule has 0 radical (unpaired) electrons. The number of ketones is 2. The summed E-state index contributed by atoms with van der Waals surface area (Å²) >= 11 is 3.01. The normalized spacial score (nSPS) is 27.1. The van der Waals surface area contributed by atoms with Crippen LogP contribution in [-0.4, -0.2) is 356 Å². The number of benzene rings is 4. The number of nitrogens with zero attached hydrogens (tertiary/aromatic N) is 12. The molecule has 38 nitrogen and oxygen atoms in total. The maximum Gasteiger partial charge on any atom is 0.333 e. The molecule has 8 N–H and O–H groups in total. The van der Waals surface area contributed by atoms with Gasteiger partial charge in [-0.1, -0.05) is 98.8 Å². The van der Waals surface area contributed by atoms with Crippen molar-refractivity contribution in [2.75, 3.05) is 141 Å². The molecular formula is C102H130N18O20S2. The van der Waals surface area contributed by atoms with Crippen molar-refractivity contribution in [2.24, 2.45) is 11.8 Å². The van der Waals surface area contributed by atoms with Gasteiger partial charge in [-0.15, -0.1) is 0 Å². The molecule has 7 fully saturated rings. The standard InChI is InChI=1S/C102H130N18O20S2/c1-13-101(5)99(137)117-43-23-29-71(117)93(131)113(11)75(53-63-33-37-69(38-34-63)111(7)8)95(133)119-57-67(79(123)55-73(119)87(125)107-83(65-25-17-15-18-26-65)97(135)139-61(3)81(91(129)109-101)105-89(127)85-77(121)31-21-41-103-85)59-141-51-49-115-45-47-116(48-46-115)50-52-142-60-68-58-120-74(56-80(68)124)88(126)108-84(66-27-19-16-20-28-66)98(136)140-62(4)82(106-90(128)86-78(122)32-22-42-104-86)92(130)110-102(6,14-2)100(138)118-44-24-30-72(118)94(132)114(12)76(96(120)134)54-64-35-39-70(40-36-64)112(9)10/h15-22,25-28,31-42,61-62,67-68,71-76,81-84,121-122H,13-14,23-24,29-30,43-60H2,1-12H3,(H,105,127)(H,106,128)(H,107,125)(H,108,126)(H,109,129)(H,110,130)/t61-,62-,67?,68?,71+,72+,73+,74+,75+,76+,81+,82+,83+,84+,101+,102+/m1/s1. The van der Waals surface area contributed by atoms with Gasteiger partial charge in [0.1, 0.15) is 94.7 Å². The third-order valence-corrected chi connectivity index (χ3v) is 30.6. The molecule has 6 aromatic rings. The molecule has 4 aromatic carbocycles. The van der Waals surface area contributed by atoms with Gasteiger partial charge in [-0.2, -0.15) is 23.5 Å². The lowest BCUT2D eigenvalue weighted by molar-refractivity contribution is -0.158. The van der Waals surface area contributed by atoms with Crippen LogP contribution in [0.25, 0.3) is 0 Å². The zero-order valence-electron chi connectivity index (χ0n) is 82.3. The summed E-state index contributed by atoms with van der Waals surface area (Å²) in [6, 6.07) is 20.9. The number of piperidine rings is 2. The molecule has 40 heteroatoms. The van der Waals surface area contributed by atoms with Gasteiger partial charge in [-0.3, -0.25) is 76.9 Å². The third kappa shape index (κ3) is 24.8. The number of aromatic hydroxyl groups is 2. The molecule has 16 atom stereocenters. The van der Waals surface area contributed by atoms with E-state index in [2.05, 4.69) is 51.7 Å². The average molecular weight is 1990 g/mol. The van der Waals surface area contributed by atoms with E-state index in [0.717, 1.165) is 11.4 Å². The molecular weight excluding hydrogens is 1860 g/mol. The largest absolute Gasteiger partial charge is 0.505 e. The molecule has 0 saturated carbocycles. The first-order chi connectivity index (χ1) is 67.8. The van der Waals surface area contributed by atoms with E-state index >= 15 is 47.9 Å². The highest BCUT2D eigenvalue weighted by Crippen LogP contribution is 2.36. The lowest BCUT2D eigenvalue weighted by Gasteiger charge is -2.42. The Balaban J connectivity index is 0.705. The monoisotopic (exact) mass is 1990 g/mol. The first-order valence-electron chi connectivity index (χ1n) is 48.4. The number of Topliss-reactive ketones (excluding diaryl/α,β-unsaturated/α-hetero) is 2. The van der Waals surface area contributed by atoms with Crippen molar-refractivity contribution in [3.05, 3.63) is 179 Å². The van der Waals surface area contributed by atoms with Gasteiger partial charge >= 0.3 is 11.9 Å². The van der Waals surface area contributed by atoms with Gasteiger partial charge in [-0.05, 0) is 137 Å². The van der Waals surface area contributed by atoms with Crippen LogP contribution in [0.2, 0.25) is 0 Å². The fourth-order valence-corrected chi connectivity index (χ4v) is 21.5. The number of amides is 12. The number of likely N-dealkylation sites (N-methyl/N-ethyl adjacent to an activating group) is 2. The average Bonchev–Trinajstić information content (AvgIpc) is 1.72. The number of carbonyl (C=O) groups excluding carboxylic acids is 16. The van der Waals surface area contributed by atoms with Gasteiger partial charge in [0.15, 0.2) is 23.5 Å². The molecule has 2 unspecified atom stereocenters. The molecule has 0 aliphatic carbocycles. The number of anilines is 2. The highest BCUT2D eigenvalue weighted by atomic mass is 32.2. The van der Waals surface area contributed by atoms with Crippen molar-refractivity contribution in [1.29, 1.82) is 0 Å². The molecule has 760 valence electrons. The minimum Gasteiger partial charge on any atom is -0.505 e. The topological polar surface area (TPSA) is 462 Å². The summed E-state index contributed by atoms with van der Waals surface area (Å²) in [7, 11) is 10.4. The smallest absolute Gasteiger partial charge is 0.333 e. The lowest BCUT2D eigenvalue weighted by atomic mass is 9.90. The second-order valence-corrected chi connectivity index (χ2v) is 40.6. The van der Waals surface area contributed by atoms with Gasteiger partial charge in [-0.25, -0.2) is 19.6 Å². The Morgan fingerprint density at radius 3 is 1.16 bits per heavy atom. The zero-order valence-corrected chi connectivity index (χ0v) is 84.0. The van der Waals surface area contributed by atoms with Crippen molar-refractivity contribution < 1.29 is 96.4 Å². The van der Waals surface area contributed by atoms with Crippen LogP contribution in [0.3, 0.4) is 0 Å². The van der Waals surface area contributed by atoms with E-state index in [0.29, 0.717) is 74.7 Å². The van der Waals surface area contributed by atoms with Crippen molar-refractivity contribution in [1.82, 2.24) is 81.1 Å². The highest BCUT2D eigenvalue weighted by molar-refractivity contribution is 7.99. The Morgan fingerprint density at radius 1 is 0.465 bits per heavy atom. The van der Waals surface area contributed by atoms with Crippen LogP contribution in [0, 0.1) is 11.8 Å². The second-order valence-electron chi connectivity index (χ2n) is 38.3. The summed E-state index contributed by atoms with van der Waals surface area (Å²) in [5.74, 6) is -13.8. The number of pyridine rings is 2. The summed E-state index contributed by atoms with van der Waals surface area (Å²) in [4.78, 5) is 267. The summed E-state index contributed by atoms with van der Waals surface area (Å²) < 4.78 is 12.2. The van der Waals surface area contributed by atoms with E-state index in [4.69, 9.17) is 9.47 Å². The van der Waals surface area contributed by atoms with Crippen LogP contribution in [-0.2, 0) is 89.4 Å². The molecule has 9 heterocycles. The second kappa shape index (κ2) is 47.2. The van der Waals surface area contributed by atoms with E-state index in [9.17, 15) is 39.0 Å². The fourth-order valence-electron chi connectivity index (χ4n) is 19.2. The van der Waals surface area contributed by atoms with Crippen molar-refractivity contribution in [3.63, 3.8) is 0 Å². The molecule has 7 saturated heterocycles. The number of thioether (sulfide) groups is 2. The Labute approximate surface area is 834 Å². The number of esters is 2. The van der Waals surface area contributed by atoms with Crippen LogP contribution in [0.5, 0.6) is 11.5 Å². The number of hydrogen-bond acceptors (Lipinski definition) is 28. The maximum atomic E-state index is 16.2. The summed E-state index contributed by atoms with van der Waals surface area (Å²) in [6.45, 7) is 12.4. The molecule has 13 rings (SSSR count). The third-order valence-electron chi connectivity index (χ3n) is 28.4. The first kappa shape index (κ1) is 106. The van der Waals surface area contributed by atoms with Gasteiger partial charge in [0.2, 0.25) is 59.1 Å². The van der Waals surface area contributed by atoms with Crippen LogP contribution in [0.4, 0.5) is 11.4 Å². The number of rotatable bonds is 24. The molecule has 0 bridgehead atoms. The van der Waals surface area contributed by atoms with E-state index in [1.807, 2.05) is 86.5 Å². The van der Waals surface area contributed by atoms with E-state index < -0.39 is 214 Å². The summed E-state index contributed by atoms with van der Waals surface area (Å²) in [6.07, 6.45) is -0.825. The summed E-state index contributed by atoms with van der Waals surface area (Å²) in [5.41, 5.74) is -1.10. The van der Waals surface area contributed by atoms with Crippen molar-refractivity contribution in [3.8, 4) is 11.5 Å². The number of aromatic nitrogens is 2. The van der Waals surface area contributed by atoms with Gasteiger partial charge in [0.05, 0.1) is 0 Å². The molecule has 7 aliphatic rings. The van der Waals surface area contributed by atoms with Gasteiger partial charge in [0, 0.05) is 192 Å². The van der Waals surface area contributed by atoms with E-state index in [1.165, 1.54) is 131 Å². The Bertz CT molecular complexity index is 5290. The van der Waals surface area contributed by atoms with Crippen LogP contribution in [0.1, 0.15) is 148 Å². The van der Waals surface area contributed by atoms with Crippen molar-refractivity contribution >= 4 is 129 Å². The fraction of sp³-hybridized carbons (Fsp3) is 0.510. The van der Waals surface area contributed by atoms with Crippen LogP contribution < -0.4 is 41.7 Å². The first-order valence-corrected chi connectivity index (χ1v) is 50.7. The highest BCUT2D eigenvalue weighted by Gasteiger charge is 2.53. The van der Waals surface area contributed by atoms with Gasteiger partial charge < -0.3 is 90.8 Å². The minimum atomic E-state index is -1.79. The van der Waals surface area contributed by atoms with Crippen LogP contribution >= 0.6 is 23.5 Å². The molecule has 7 aliphatic heterocycles. The number of ether oxygens (including phenoxy) is 2. The Morgan fingerprint density at radius 2 is 0.824 bits per heavy atom. The predicted octanol–water partition coefficient (Wildman–Crippen LogP) is 3.87. The Hall–Kier alpha value is -13.1. The SMILES string of the molecule is CC[C@]1(C)NC(=O)[C@@H](NC(=O)c2ncccc2O)[C@@H](C)OC(=O)[C@H](c2ccccc2)NC(=O)[C@@H]2CC(=O)C(CSCCN3CCN(CCSCC4CN5C(=O)[C@H](Cc6ccc(N(C)C)cc6)N(C)C(=O)[C@@H]6CCCN6C(=O)[C@](C)(CC)NC(=O)[C@@H](NC(=O)c6ncccc6O)[C@@H](C)OC(=O)[C@H](c6ccccc6)NC(=O)[C@@H]5CC4=O)CC3)CN2C(=O)[C@H](Cc2ccc(N(C)C)cc2)N(C)C(=O)[C@@H]2CCCN2C1=O. The number of nitrogens with one attached hydrogen (secondary N) is 6.